The van der Waals surface area contributed by atoms with Crippen LogP contribution in [-0.2, 0) is 0 Å². The van der Waals surface area contributed by atoms with Crippen LogP contribution in [0.4, 0.5) is 21.0 Å². The Kier molecular flexibility index (Phi) is 7.63. The van der Waals surface area contributed by atoms with Crippen LogP contribution in [0.3, 0.4) is 0 Å². The Morgan fingerprint density at radius 3 is 2.12 bits per heavy atom. The minimum Gasteiger partial charge on any atom is -0.504 e. The molecule has 0 atom stereocenters. The number of urea groups is 2. The van der Waals surface area contributed by atoms with Gasteiger partial charge in [-0.15, -0.1) is 0 Å². The van der Waals surface area contributed by atoms with Crippen molar-refractivity contribution in [1.29, 1.82) is 0 Å². The average molecular weight is 436 g/mol. The Bertz CT molecular complexity index is 755. The molecule has 0 saturated carbocycles. The number of primary amides is 2. The number of phenols is 1. The Labute approximate surface area is 156 Å². The van der Waals surface area contributed by atoms with Gasteiger partial charge in [0.05, 0.1) is 16.4 Å². The van der Waals surface area contributed by atoms with Gasteiger partial charge in [-0.05, 0) is 40.2 Å². The summed E-state index contributed by atoms with van der Waals surface area (Å²) in [5.74, 6) is -0.276. The first-order valence-electron chi connectivity index (χ1n) is 6.26. The molecule has 4 amide bonds. The molecule has 0 radical (unpaired) electrons. The highest BCUT2D eigenvalue weighted by atomic mass is 79.9. The highest BCUT2D eigenvalue weighted by Crippen LogP contribution is 2.37. The number of benzene rings is 2. The van der Waals surface area contributed by atoms with Gasteiger partial charge >= 0.3 is 12.1 Å². The van der Waals surface area contributed by atoms with E-state index >= 15 is 0 Å². The van der Waals surface area contributed by atoms with E-state index in [0.717, 1.165) is 4.47 Å². The van der Waals surface area contributed by atoms with E-state index < -0.39 is 12.1 Å². The third-order valence-corrected chi connectivity index (χ3v) is 3.93. The molecular weight excluding hydrogens is 423 g/mol. The Balaban J connectivity index is 0.000000648. The van der Waals surface area contributed by atoms with E-state index in [1.807, 2.05) is 6.07 Å². The number of aromatic hydroxyl groups is 1. The maximum atomic E-state index is 11.9. The minimum absolute atomic E-state index is 0.00893. The number of halogens is 3. The maximum absolute atomic E-state index is 11.9. The van der Waals surface area contributed by atoms with Crippen LogP contribution in [0.5, 0.6) is 5.75 Å². The third kappa shape index (κ3) is 6.15. The highest BCUT2D eigenvalue weighted by molar-refractivity contribution is 9.10. The fourth-order valence-electron chi connectivity index (χ4n) is 1.48. The molecule has 7 N–H and O–H groups in total. The quantitative estimate of drug-likeness (QED) is 0.454. The molecule has 2 aromatic carbocycles. The molecule has 0 spiro atoms. The molecule has 0 aliphatic carbocycles. The lowest BCUT2D eigenvalue weighted by Crippen LogP contribution is -2.19. The number of amides is 4. The molecule has 0 unspecified atom stereocenters. The van der Waals surface area contributed by atoms with Crippen LogP contribution in [0, 0.1) is 0 Å². The van der Waals surface area contributed by atoms with Gasteiger partial charge in [-0.1, -0.05) is 35.3 Å². The summed E-state index contributed by atoms with van der Waals surface area (Å²) in [5, 5.41) is 15.1. The lowest BCUT2D eigenvalue weighted by Gasteiger charge is -2.11. The van der Waals surface area contributed by atoms with Crippen molar-refractivity contribution in [2.75, 3.05) is 10.6 Å². The first-order chi connectivity index (χ1) is 11.2. The number of carbonyl (C=O) groups is 2. The number of rotatable bonds is 2. The maximum Gasteiger partial charge on any atom is 0.323 e. The molecule has 7 nitrogen and oxygen atoms in total. The van der Waals surface area contributed by atoms with E-state index in [9.17, 15) is 9.90 Å². The molecule has 0 aromatic heterocycles. The largest absolute Gasteiger partial charge is 0.504 e. The molecule has 0 bridgehead atoms. The topological polar surface area (TPSA) is 130 Å². The van der Waals surface area contributed by atoms with Crippen LogP contribution in [0.25, 0.3) is 0 Å². The Morgan fingerprint density at radius 1 is 1.00 bits per heavy atom. The Hall–Kier alpha value is -2.16. The van der Waals surface area contributed by atoms with Gasteiger partial charge in [0, 0.05) is 4.47 Å². The van der Waals surface area contributed by atoms with Crippen LogP contribution < -0.4 is 22.1 Å². The van der Waals surface area contributed by atoms with Gasteiger partial charge in [0.15, 0.2) is 5.75 Å². The van der Waals surface area contributed by atoms with Gasteiger partial charge in [0.1, 0.15) is 5.02 Å². The van der Waals surface area contributed by atoms with Gasteiger partial charge in [0.2, 0.25) is 0 Å². The van der Waals surface area contributed by atoms with Gasteiger partial charge in [-0.25, -0.2) is 9.59 Å². The van der Waals surface area contributed by atoms with Crippen LogP contribution in [-0.4, -0.2) is 17.2 Å². The molecule has 10 heteroatoms. The second-order valence-electron chi connectivity index (χ2n) is 4.22. The second-order valence-corrected chi connectivity index (χ2v) is 5.86. The molecule has 0 aliphatic rings. The van der Waals surface area contributed by atoms with Crippen LogP contribution >= 0.6 is 39.1 Å². The standard InChI is InChI=1S/C13H9BrCl2N2O2.CH4N2O/c14-7-3-1-2-4-9(7)17-13(20)18-10-6-5-8(15)11(16)12(10)19;2-1(3)4/h1-6,19H,(H2,17,18,20);(H4,2,3,4). The Morgan fingerprint density at radius 2 is 1.54 bits per heavy atom. The van der Waals surface area contributed by atoms with Crippen molar-refractivity contribution in [3.8, 4) is 5.75 Å². The van der Waals surface area contributed by atoms with Crippen molar-refractivity contribution in [2.45, 2.75) is 0 Å². The first-order valence-corrected chi connectivity index (χ1v) is 7.81. The number of nitrogens with one attached hydrogen (secondary N) is 2. The van der Waals surface area contributed by atoms with Gasteiger partial charge < -0.3 is 27.2 Å². The first kappa shape index (κ1) is 19.9. The molecule has 2 rings (SSSR count). The summed E-state index contributed by atoms with van der Waals surface area (Å²) in [6, 6.07) is 8.76. The summed E-state index contributed by atoms with van der Waals surface area (Å²) in [7, 11) is 0. The predicted octanol–water partition coefficient (Wildman–Crippen LogP) is 4.13. The van der Waals surface area contributed by atoms with Gasteiger partial charge in [-0.3, -0.25) is 0 Å². The van der Waals surface area contributed by atoms with Crippen molar-refractivity contribution >= 4 is 62.6 Å². The fourth-order valence-corrected chi connectivity index (χ4v) is 2.18. The smallest absolute Gasteiger partial charge is 0.323 e. The number of hydrogen-bond acceptors (Lipinski definition) is 3. The van der Waals surface area contributed by atoms with Crippen molar-refractivity contribution in [3.63, 3.8) is 0 Å². The molecule has 0 heterocycles. The van der Waals surface area contributed by atoms with Crippen LogP contribution in [0.1, 0.15) is 0 Å². The van der Waals surface area contributed by atoms with E-state index in [-0.39, 0.29) is 21.5 Å². The van der Waals surface area contributed by atoms with E-state index in [4.69, 9.17) is 28.0 Å². The monoisotopic (exact) mass is 434 g/mol. The number of phenolic OH excluding ortho intramolecular Hbond substituents is 1. The molecule has 0 saturated heterocycles. The zero-order chi connectivity index (χ0) is 18.3. The van der Waals surface area contributed by atoms with E-state index in [1.54, 1.807) is 18.2 Å². The lowest BCUT2D eigenvalue weighted by molar-refractivity contribution is 0.256. The summed E-state index contributed by atoms with van der Waals surface area (Å²) in [5.41, 5.74) is 9.27. The summed E-state index contributed by atoms with van der Waals surface area (Å²) in [4.78, 5) is 20.9. The highest BCUT2D eigenvalue weighted by Gasteiger charge is 2.12. The summed E-state index contributed by atoms with van der Waals surface area (Å²) < 4.78 is 0.744. The summed E-state index contributed by atoms with van der Waals surface area (Å²) in [6.07, 6.45) is 0. The average Bonchev–Trinajstić information content (AvgIpc) is 2.50. The SMILES string of the molecule is NC(N)=O.O=C(Nc1ccccc1Br)Nc1ccc(Cl)c(Cl)c1O. The molecule has 128 valence electrons. The van der Waals surface area contributed by atoms with Gasteiger partial charge in [0.25, 0.3) is 0 Å². The van der Waals surface area contributed by atoms with Crippen molar-refractivity contribution in [1.82, 2.24) is 0 Å². The molecule has 24 heavy (non-hydrogen) atoms. The van der Waals surface area contributed by atoms with Crippen molar-refractivity contribution < 1.29 is 14.7 Å². The number of nitrogens with two attached hydrogens (primary N) is 2. The lowest BCUT2D eigenvalue weighted by atomic mass is 10.3. The fraction of sp³-hybridized carbons (Fsp3) is 0. The number of anilines is 2. The second kappa shape index (κ2) is 9.21. The van der Waals surface area contributed by atoms with Crippen molar-refractivity contribution in [2.24, 2.45) is 11.5 Å². The number of carbonyl (C=O) groups excluding carboxylic acids is 2. The minimum atomic E-state index is -0.833. The zero-order valence-electron chi connectivity index (χ0n) is 12.0. The number of hydrogen-bond donors (Lipinski definition) is 5. The van der Waals surface area contributed by atoms with E-state index in [0.29, 0.717) is 5.69 Å². The van der Waals surface area contributed by atoms with Gasteiger partial charge in [-0.2, -0.15) is 0 Å². The normalized spacial score (nSPS) is 9.46. The van der Waals surface area contributed by atoms with Crippen molar-refractivity contribution in [3.05, 3.63) is 50.9 Å². The third-order valence-electron chi connectivity index (χ3n) is 2.44. The van der Waals surface area contributed by atoms with Crippen LogP contribution in [0.2, 0.25) is 10.0 Å². The summed E-state index contributed by atoms with van der Waals surface area (Å²) in [6.45, 7) is 0. The zero-order valence-corrected chi connectivity index (χ0v) is 15.1. The number of para-hydroxylation sites is 1. The molecule has 0 aliphatic heterocycles. The molecule has 2 aromatic rings. The molecular formula is C14H13BrCl2N4O3. The van der Waals surface area contributed by atoms with Crippen LogP contribution in [0.15, 0.2) is 40.9 Å². The summed E-state index contributed by atoms with van der Waals surface area (Å²) >= 11 is 14.9. The predicted molar refractivity (Wildman–Crippen MR) is 98.7 cm³/mol. The van der Waals surface area contributed by atoms with E-state index in [1.165, 1.54) is 12.1 Å². The van der Waals surface area contributed by atoms with E-state index in [2.05, 4.69) is 38.0 Å². The molecule has 0 fully saturated rings.